The molecule has 0 bridgehead atoms. The Balaban J connectivity index is 2.13. The van der Waals surface area contributed by atoms with Crippen LogP contribution in [-0.2, 0) is 9.53 Å². The quantitative estimate of drug-likeness (QED) is 0.338. The average Bonchev–Trinajstić information content (AvgIpc) is 2.49. The second-order valence-electron chi connectivity index (χ2n) is 4.86. The Bertz CT molecular complexity index is 522. The van der Waals surface area contributed by atoms with E-state index in [-0.39, 0.29) is 11.7 Å². The number of hydrogen-bond acceptors (Lipinski definition) is 4. The van der Waals surface area contributed by atoms with E-state index < -0.39 is 6.10 Å². The third kappa shape index (κ3) is 3.27. The molecular weight excluding hydrogens is 258 g/mol. The first-order valence-corrected chi connectivity index (χ1v) is 6.63. The van der Waals surface area contributed by atoms with Crippen LogP contribution in [0.15, 0.2) is 23.4 Å². The summed E-state index contributed by atoms with van der Waals surface area (Å²) in [4.78, 5) is 12.1. The van der Waals surface area contributed by atoms with E-state index in [0.29, 0.717) is 17.9 Å². The number of aryl methyl sites for hydroxylation is 1. The summed E-state index contributed by atoms with van der Waals surface area (Å²) < 4.78 is 5.45. The largest absolute Gasteiger partial charge is 0.409 e. The van der Waals surface area contributed by atoms with Crippen molar-refractivity contribution in [2.45, 2.75) is 32.3 Å². The van der Waals surface area contributed by atoms with Crippen molar-refractivity contribution in [2.24, 2.45) is 10.9 Å². The number of amides is 1. The standard InChI is InChI=1S/C14H19N3O3/c1-9-5-6-10(13(15)17-19)8-11(9)16-14(18)12-4-2-3-7-20-12/h5-6,8,12,19H,2-4,7H2,1H3,(H2,15,17)(H,16,18). The van der Waals surface area contributed by atoms with Gasteiger partial charge in [0.1, 0.15) is 6.10 Å². The highest BCUT2D eigenvalue weighted by Gasteiger charge is 2.22. The minimum absolute atomic E-state index is 0.00872. The summed E-state index contributed by atoms with van der Waals surface area (Å²) in [5, 5.41) is 14.5. The molecule has 1 atom stereocenters. The summed E-state index contributed by atoms with van der Waals surface area (Å²) in [6.07, 6.45) is 2.35. The third-order valence-electron chi connectivity index (χ3n) is 3.37. The third-order valence-corrected chi connectivity index (χ3v) is 3.37. The molecule has 1 aromatic carbocycles. The molecule has 108 valence electrons. The number of hydrogen-bond donors (Lipinski definition) is 3. The minimum atomic E-state index is -0.393. The van der Waals surface area contributed by atoms with Crippen LogP contribution in [0, 0.1) is 6.92 Å². The monoisotopic (exact) mass is 277 g/mol. The van der Waals surface area contributed by atoms with Crippen molar-refractivity contribution in [1.29, 1.82) is 0 Å². The van der Waals surface area contributed by atoms with E-state index in [9.17, 15) is 4.79 Å². The maximum Gasteiger partial charge on any atom is 0.253 e. The molecule has 1 amide bonds. The highest BCUT2D eigenvalue weighted by molar-refractivity contribution is 6.00. The molecule has 1 fully saturated rings. The van der Waals surface area contributed by atoms with Crippen LogP contribution in [0.1, 0.15) is 30.4 Å². The van der Waals surface area contributed by atoms with E-state index in [0.717, 1.165) is 24.8 Å². The zero-order valence-corrected chi connectivity index (χ0v) is 11.4. The molecule has 0 spiro atoms. The molecule has 20 heavy (non-hydrogen) atoms. The molecule has 1 heterocycles. The molecule has 0 aromatic heterocycles. The normalized spacial score (nSPS) is 19.6. The molecular formula is C14H19N3O3. The second-order valence-corrected chi connectivity index (χ2v) is 4.86. The van der Waals surface area contributed by atoms with E-state index in [1.807, 2.05) is 13.0 Å². The number of carbonyl (C=O) groups excluding carboxylic acids is 1. The van der Waals surface area contributed by atoms with E-state index in [1.165, 1.54) is 0 Å². The number of oxime groups is 1. The SMILES string of the molecule is Cc1ccc(C(N)=NO)cc1NC(=O)C1CCCCO1. The summed E-state index contributed by atoms with van der Waals surface area (Å²) >= 11 is 0. The fraction of sp³-hybridized carbons (Fsp3) is 0.429. The maximum atomic E-state index is 12.1. The van der Waals surface area contributed by atoms with Crippen LogP contribution < -0.4 is 11.1 Å². The molecule has 4 N–H and O–H groups in total. The highest BCUT2D eigenvalue weighted by Crippen LogP contribution is 2.19. The fourth-order valence-corrected chi connectivity index (χ4v) is 2.13. The Morgan fingerprint density at radius 1 is 1.50 bits per heavy atom. The number of nitrogens with zero attached hydrogens (tertiary/aromatic N) is 1. The Kier molecular flexibility index (Phi) is 4.57. The number of anilines is 1. The van der Waals surface area contributed by atoms with E-state index in [1.54, 1.807) is 12.1 Å². The summed E-state index contributed by atoms with van der Waals surface area (Å²) in [6.45, 7) is 2.51. The second kappa shape index (κ2) is 6.38. The molecule has 1 unspecified atom stereocenters. The van der Waals surface area contributed by atoms with E-state index in [4.69, 9.17) is 15.7 Å². The zero-order valence-electron chi connectivity index (χ0n) is 11.4. The average molecular weight is 277 g/mol. The Hall–Kier alpha value is -2.08. The van der Waals surface area contributed by atoms with Gasteiger partial charge >= 0.3 is 0 Å². The molecule has 1 saturated heterocycles. The van der Waals surface area contributed by atoms with Crippen molar-refractivity contribution in [1.82, 2.24) is 0 Å². The minimum Gasteiger partial charge on any atom is -0.409 e. The smallest absolute Gasteiger partial charge is 0.253 e. The lowest BCUT2D eigenvalue weighted by atomic mass is 10.1. The molecule has 2 rings (SSSR count). The van der Waals surface area contributed by atoms with Gasteiger partial charge in [-0.2, -0.15) is 0 Å². The highest BCUT2D eigenvalue weighted by atomic mass is 16.5. The summed E-state index contributed by atoms with van der Waals surface area (Å²) in [5.41, 5.74) is 7.66. The van der Waals surface area contributed by atoms with Crippen LogP contribution in [-0.4, -0.2) is 29.7 Å². The lowest BCUT2D eigenvalue weighted by molar-refractivity contribution is -0.129. The number of benzene rings is 1. The fourth-order valence-electron chi connectivity index (χ4n) is 2.13. The first-order chi connectivity index (χ1) is 9.61. The van der Waals surface area contributed by atoms with Crippen molar-refractivity contribution in [3.8, 4) is 0 Å². The van der Waals surface area contributed by atoms with Crippen LogP contribution in [0.5, 0.6) is 0 Å². The number of rotatable bonds is 3. The molecule has 6 nitrogen and oxygen atoms in total. The van der Waals surface area contributed by atoms with Gasteiger partial charge in [0.05, 0.1) is 0 Å². The van der Waals surface area contributed by atoms with Crippen LogP contribution >= 0.6 is 0 Å². The van der Waals surface area contributed by atoms with Crippen molar-refractivity contribution in [2.75, 3.05) is 11.9 Å². The van der Waals surface area contributed by atoms with Gasteiger partial charge in [-0.3, -0.25) is 4.79 Å². The van der Waals surface area contributed by atoms with E-state index >= 15 is 0 Å². The van der Waals surface area contributed by atoms with Crippen molar-refractivity contribution in [3.05, 3.63) is 29.3 Å². The lowest BCUT2D eigenvalue weighted by Crippen LogP contribution is -2.33. The van der Waals surface area contributed by atoms with Gasteiger partial charge < -0.3 is 21.0 Å². The predicted octanol–water partition coefficient (Wildman–Crippen LogP) is 1.60. The number of carbonyl (C=O) groups is 1. The van der Waals surface area contributed by atoms with Crippen LogP contribution in [0.3, 0.4) is 0 Å². The summed E-state index contributed by atoms with van der Waals surface area (Å²) in [7, 11) is 0. The van der Waals surface area contributed by atoms with Gasteiger partial charge in [0.2, 0.25) is 0 Å². The molecule has 1 aliphatic rings. The van der Waals surface area contributed by atoms with Gasteiger partial charge in [-0.15, -0.1) is 0 Å². The summed E-state index contributed by atoms with van der Waals surface area (Å²) in [6, 6.07) is 5.23. The van der Waals surface area contributed by atoms with Crippen molar-refractivity contribution >= 4 is 17.4 Å². The number of nitrogens with one attached hydrogen (secondary N) is 1. The van der Waals surface area contributed by atoms with Gasteiger partial charge in [0.25, 0.3) is 5.91 Å². The Morgan fingerprint density at radius 2 is 2.30 bits per heavy atom. The topological polar surface area (TPSA) is 96.9 Å². The van der Waals surface area contributed by atoms with Crippen molar-refractivity contribution in [3.63, 3.8) is 0 Å². The number of ether oxygens (including phenoxy) is 1. The first kappa shape index (κ1) is 14.3. The molecule has 1 aromatic rings. The number of amidine groups is 1. The molecule has 0 saturated carbocycles. The van der Waals surface area contributed by atoms with Crippen molar-refractivity contribution < 1.29 is 14.7 Å². The van der Waals surface area contributed by atoms with E-state index in [2.05, 4.69) is 10.5 Å². The first-order valence-electron chi connectivity index (χ1n) is 6.63. The zero-order chi connectivity index (χ0) is 14.5. The van der Waals surface area contributed by atoms with Crippen LogP contribution in [0.4, 0.5) is 5.69 Å². The van der Waals surface area contributed by atoms with Gasteiger partial charge in [0, 0.05) is 17.9 Å². The van der Waals surface area contributed by atoms with Gasteiger partial charge in [0.15, 0.2) is 5.84 Å². The molecule has 1 aliphatic heterocycles. The number of nitrogens with two attached hydrogens (primary N) is 1. The Morgan fingerprint density at radius 3 is 2.95 bits per heavy atom. The lowest BCUT2D eigenvalue weighted by Gasteiger charge is -2.22. The van der Waals surface area contributed by atoms with Gasteiger partial charge in [-0.1, -0.05) is 17.3 Å². The molecule has 0 radical (unpaired) electrons. The summed E-state index contributed by atoms with van der Waals surface area (Å²) in [5.74, 6) is -0.140. The van der Waals surface area contributed by atoms with Gasteiger partial charge in [-0.25, -0.2) is 0 Å². The molecule has 6 heteroatoms. The maximum absolute atomic E-state index is 12.1. The van der Waals surface area contributed by atoms with Gasteiger partial charge in [-0.05, 0) is 37.8 Å². The van der Waals surface area contributed by atoms with Crippen LogP contribution in [0.25, 0.3) is 0 Å². The van der Waals surface area contributed by atoms with Crippen LogP contribution in [0.2, 0.25) is 0 Å². The molecule has 0 aliphatic carbocycles. The predicted molar refractivity (Wildman–Crippen MR) is 75.9 cm³/mol. The Labute approximate surface area is 117 Å².